The highest BCUT2D eigenvalue weighted by Gasteiger charge is 2.26. The number of ether oxygens (including phenoxy) is 1. The van der Waals surface area contributed by atoms with Gasteiger partial charge in [0.1, 0.15) is 5.75 Å². The van der Waals surface area contributed by atoms with E-state index in [1.807, 2.05) is 18.2 Å². The van der Waals surface area contributed by atoms with Crippen LogP contribution in [0.5, 0.6) is 5.75 Å². The van der Waals surface area contributed by atoms with E-state index in [-0.39, 0.29) is 11.9 Å². The number of carbonyl (C=O) groups excluding carboxylic acids is 1. The lowest BCUT2D eigenvalue weighted by Gasteiger charge is -2.23. The summed E-state index contributed by atoms with van der Waals surface area (Å²) in [7, 11) is 1.66. The number of hydrogen-bond acceptors (Lipinski definition) is 3. The van der Waals surface area contributed by atoms with Crippen LogP contribution in [0.4, 0.5) is 0 Å². The molecule has 1 aromatic rings. The molecule has 1 saturated heterocycles. The normalized spacial score (nSPS) is 20.4. The summed E-state index contributed by atoms with van der Waals surface area (Å²) in [6.07, 6.45) is 2.18. The average molecular weight is 234 g/mol. The first-order chi connectivity index (χ1) is 8.20. The van der Waals surface area contributed by atoms with Crippen molar-refractivity contribution >= 4 is 5.91 Å². The molecule has 92 valence electrons. The molecular weight excluding hydrogens is 216 g/mol. The van der Waals surface area contributed by atoms with Gasteiger partial charge in [0.05, 0.1) is 13.7 Å². The molecule has 2 N–H and O–H groups in total. The topological polar surface area (TPSA) is 55.6 Å². The molecule has 0 aromatic heterocycles. The van der Waals surface area contributed by atoms with E-state index < -0.39 is 0 Å². The van der Waals surface area contributed by atoms with Crippen LogP contribution in [0.15, 0.2) is 24.3 Å². The van der Waals surface area contributed by atoms with Crippen LogP contribution >= 0.6 is 0 Å². The molecule has 1 aromatic carbocycles. The van der Waals surface area contributed by atoms with Crippen LogP contribution < -0.4 is 10.5 Å². The van der Waals surface area contributed by atoms with Crippen LogP contribution in [0.3, 0.4) is 0 Å². The average Bonchev–Trinajstić information content (AvgIpc) is 2.76. The summed E-state index contributed by atoms with van der Waals surface area (Å²) in [6, 6.07) is 8.31. The molecule has 1 aliphatic rings. The zero-order valence-corrected chi connectivity index (χ0v) is 10.1. The molecule has 0 bridgehead atoms. The van der Waals surface area contributed by atoms with E-state index in [0.29, 0.717) is 6.54 Å². The fourth-order valence-corrected chi connectivity index (χ4v) is 2.44. The highest BCUT2D eigenvalue weighted by atomic mass is 16.5. The van der Waals surface area contributed by atoms with Gasteiger partial charge in [-0.2, -0.15) is 0 Å². The summed E-state index contributed by atoms with van der Waals surface area (Å²) in [5, 5.41) is 0. The Hall–Kier alpha value is -1.55. The van der Waals surface area contributed by atoms with Crippen molar-refractivity contribution in [1.29, 1.82) is 0 Å². The first kappa shape index (κ1) is 11.9. The minimum atomic E-state index is -0.264. The van der Waals surface area contributed by atoms with Crippen molar-refractivity contribution in [2.75, 3.05) is 20.2 Å². The molecule has 0 radical (unpaired) electrons. The van der Waals surface area contributed by atoms with Gasteiger partial charge < -0.3 is 10.5 Å². The molecule has 1 fully saturated rings. The van der Waals surface area contributed by atoms with Crippen molar-refractivity contribution in [3.05, 3.63) is 29.8 Å². The van der Waals surface area contributed by atoms with E-state index in [4.69, 9.17) is 10.5 Å². The number of benzene rings is 1. The molecule has 17 heavy (non-hydrogen) atoms. The van der Waals surface area contributed by atoms with E-state index >= 15 is 0 Å². The summed E-state index contributed by atoms with van der Waals surface area (Å²) in [4.78, 5) is 13.1. The quantitative estimate of drug-likeness (QED) is 0.854. The number of primary amides is 1. The van der Waals surface area contributed by atoms with E-state index in [9.17, 15) is 4.79 Å². The fourth-order valence-electron chi connectivity index (χ4n) is 2.44. The van der Waals surface area contributed by atoms with Gasteiger partial charge in [0.15, 0.2) is 0 Å². The molecule has 4 heteroatoms. The maximum atomic E-state index is 11.0. The largest absolute Gasteiger partial charge is 0.497 e. The third kappa shape index (κ3) is 2.77. The molecule has 1 aliphatic heterocycles. The second kappa shape index (κ2) is 5.19. The molecule has 0 spiro atoms. The van der Waals surface area contributed by atoms with Crippen LogP contribution in [0.25, 0.3) is 0 Å². The number of rotatable bonds is 4. The van der Waals surface area contributed by atoms with Crippen LogP contribution in [-0.4, -0.2) is 31.0 Å². The van der Waals surface area contributed by atoms with Gasteiger partial charge in [0.25, 0.3) is 0 Å². The predicted molar refractivity (Wildman–Crippen MR) is 65.7 cm³/mol. The Bertz CT molecular complexity index is 406. The minimum Gasteiger partial charge on any atom is -0.497 e. The first-order valence-electron chi connectivity index (χ1n) is 5.87. The van der Waals surface area contributed by atoms with E-state index in [2.05, 4.69) is 11.0 Å². The SMILES string of the molecule is COc1cccc([C@H]2CCCN2CC(N)=O)c1. The van der Waals surface area contributed by atoms with Gasteiger partial charge in [-0.15, -0.1) is 0 Å². The van der Waals surface area contributed by atoms with Crippen LogP contribution in [0, 0.1) is 0 Å². The lowest BCUT2D eigenvalue weighted by Crippen LogP contribution is -2.33. The Morgan fingerprint density at radius 3 is 3.12 bits per heavy atom. The van der Waals surface area contributed by atoms with Gasteiger partial charge in [-0.25, -0.2) is 0 Å². The van der Waals surface area contributed by atoms with E-state index in [1.165, 1.54) is 5.56 Å². The van der Waals surface area contributed by atoms with Gasteiger partial charge in [0, 0.05) is 6.04 Å². The Labute approximate surface area is 101 Å². The number of methoxy groups -OCH3 is 1. The zero-order chi connectivity index (χ0) is 12.3. The Morgan fingerprint density at radius 1 is 1.59 bits per heavy atom. The summed E-state index contributed by atoms with van der Waals surface area (Å²) >= 11 is 0. The van der Waals surface area contributed by atoms with Crippen molar-refractivity contribution in [3.8, 4) is 5.75 Å². The third-order valence-corrected chi connectivity index (χ3v) is 3.20. The van der Waals surface area contributed by atoms with E-state index in [1.54, 1.807) is 7.11 Å². The van der Waals surface area contributed by atoms with Crippen molar-refractivity contribution in [3.63, 3.8) is 0 Å². The van der Waals surface area contributed by atoms with Gasteiger partial charge in [-0.3, -0.25) is 9.69 Å². The van der Waals surface area contributed by atoms with E-state index in [0.717, 1.165) is 25.1 Å². The Kier molecular flexibility index (Phi) is 3.64. The lowest BCUT2D eigenvalue weighted by atomic mass is 10.0. The standard InChI is InChI=1S/C13H18N2O2/c1-17-11-5-2-4-10(8-11)12-6-3-7-15(12)9-13(14)16/h2,4-5,8,12H,3,6-7,9H2,1H3,(H2,14,16)/t12-/m1/s1. The van der Waals surface area contributed by atoms with Crippen molar-refractivity contribution in [2.24, 2.45) is 5.73 Å². The third-order valence-electron chi connectivity index (χ3n) is 3.20. The van der Waals surface area contributed by atoms with Gasteiger partial charge >= 0.3 is 0 Å². The molecule has 0 saturated carbocycles. The summed E-state index contributed by atoms with van der Waals surface area (Å²) < 4.78 is 5.22. The molecule has 1 amide bonds. The van der Waals surface area contributed by atoms with Crippen LogP contribution in [0.2, 0.25) is 0 Å². The highest BCUT2D eigenvalue weighted by molar-refractivity contribution is 5.76. The molecule has 0 unspecified atom stereocenters. The second-order valence-electron chi connectivity index (χ2n) is 4.37. The number of amides is 1. The van der Waals surface area contributed by atoms with Crippen molar-refractivity contribution < 1.29 is 9.53 Å². The maximum absolute atomic E-state index is 11.0. The number of nitrogens with two attached hydrogens (primary N) is 1. The summed E-state index contributed by atoms with van der Waals surface area (Å²) in [5.74, 6) is 0.591. The summed E-state index contributed by atoms with van der Waals surface area (Å²) in [5.41, 5.74) is 6.46. The van der Waals surface area contributed by atoms with Crippen molar-refractivity contribution in [2.45, 2.75) is 18.9 Å². The Balaban J connectivity index is 2.16. The van der Waals surface area contributed by atoms with Gasteiger partial charge in [-0.05, 0) is 37.1 Å². The summed E-state index contributed by atoms with van der Waals surface area (Å²) in [6.45, 7) is 1.27. The van der Waals surface area contributed by atoms with Crippen molar-refractivity contribution in [1.82, 2.24) is 4.90 Å². The predicted octanol–water partition coefficient (Wildman–Crippen LogP) is 1.32. The van der Waals surface area contributed by atoms with Crippen LogP contribution in [0.1, 0.15) is 24.4 Å². The molecule has 1 atom stereocenters. The number of carbonyl (C=O) groups is 1. The smallest absolute Gasteiger partial charge is 0.231 e. The zero-order valence-electron chi connectivity index (χ0n) is 10.1. The highest BCUT2D eigenvalue weighted by Crippen LogP contribution is 2.32. The minimum absolute atomic E-state index is 0.264. The Morgan fingerprint density at radius 2 is 2.41 bits per heavy atom. The number of likely N-dealkylation sites (tertiary alicyclic amines) is 1. The molecular formula is C13H18N2O2. The maximum Gasteiger partial charge on any atom is 0.231 e. The molecule has 4 nitrogen and oxygen atoms in total. The molecule has 0 aliphatic carbocycles. The van der Waals surface area contributed by atoms with Gasteiger partial charge in [-0.1, -0.05) is 12.1 Å². The lowest BCUT2D eigenvalue weighted by molar-refractivity contribution is -0.119. The fraction of sp³-hybridized carbons (Fsp3) is 0.462. The number of nitrogens with zero attached hydrogens (tertiary/aromatic N) is 1. The monoisotopic (exact) mass is 234 g/mol. The number of hydrogen-bond donors (Lipinski definition) is 1. The second-order valence-corrected chi connectivity index (χ2v) is 4.37. The molecule has 1 heterocycles. The molecule has 2 rings (SSSR count). The first-order valence-corrected chi connectivity index (χ1v) is 5.87. The van der Waals surface area contributed by atoms with Crippen LogP contribution in [-0.2, 0) is 4.79 Å². The van der Waals surface area contributed by atoms with Gasteiger partial charge in [0.2, 0.25) is 5.91 Å².